The zero-order valence-corrected chi connectivity index (χ0v) is 15.9. The first-order valence-electron chi connectivity index (χ1n) is 9.97. The van der Waals surface area contributed by atoms with Crippen molar-refractivity contribution in [1.29, 1.82) is 0 Å². The van der Waals surface area contributed by atoms with Gasteiger partial charge in [-0.3, -0.25) is 4.79 Å². The summed E-state index contributed by atoms with van der Waals surface area (Å²) in [6.07, 6.45) is 6.39. The van der Waals surface area contributed by atoms with Gasteiger partial charge in [-0.1, -0.05) is 0 Å². The van der Waals surface area contributed by atoms with Crippen LogP contribution in [0.4, 0.5) is 11.4 Å². The van der Waals surface area contributed by atoms with Crippen LogP contribution >= 0.6 is 11.6 Å². The molecule has 26 heavy (non-hydrogen) atoms. The monoisotopic (exact) mass is 374 g/mol. The largest absolute Gasteiger partial charge is 0.378 e. The van der Waals surface area contributed by atoms with E-state index in [1.165, 1.54) is 12.1 Å². The molecule has 1 amide bonds. The molecule has 5 aliphatic rings. The van der Waals surface area contributed by atoms with E-state index < -0.39 is 0 Å². The van der Waals surface area contributed by atoms with Gasteiger partial charge in [0.15, 0.2) is 0 Å². The highest BCUT2D eigenvalue weighted by molar-refractivity contribution is 6.24. The summed E-state index contributed by atoms with van der Waals surface area (Å²) >= 11 is 6.88. The molecule has 1 N–H and O–H groups in total. The van der Waals surface area contributed by atoms with E-state index in [0.717, 1.165) is 64.1 Å². The van der Waals surface area contributed by atoms with Crippen molar-refractivity contribution in [1.82, 2.24) is 0 Å². The van der Waals surface area contributed by atoms with Crippen molar-refractivity contribution >= 4 is 28.9 Å². The van der Waals surface area contributed by atoms with Crippen LogP contribution in [0.3, 0.4) is 0 Å². The number of alkyl halides is 1. The number of carbonyl (C=O) groups excluding carboxylic acids is 1. The predicted octanol–water partition coefficient (Wildman–Crippen LogP) is 4.04. The molecule has 1 aromatic rings. The highest BCUT2D eigenvalue weighted by atomic mass is 35.5. The van der Waals surface area contributed by atoms with Gasteiger partial charge in [0.2, 0.25) is 5.91 Å². The van der Waals surface area contributed by atoms with Crippen molar-refractivity contribution in [2.24, 2.45) is 17.3 Å². The molecule has 4 saturated carbocycles. The van der Waals surface area contributed by atoms with Crippen LogP contribution in [-0.4, -0.2) is 37.1 Å². The van der Waals surface area contributed by atoms with Gasteiger partial charge in [-0.15, -0.1) is 11.6 Å². The third-order valence-corrected chi connectivity index (χ3v) is 7.42. The van der Waals surface area contributed by atoms with Crippen LogP contribution in [0, 0.1) is 17.3 Å². The molecule has 0 aromatic heterocycles. The molecule has 2 unspecified atom stereocenters. The van der Waals surface area contributed by atoms with E-state index in [4.69, 9.17) is 16.3 Å². The van der Waals surface area contributed by atoms with Gasteiger partial charge in [-0.25, -0.2) is 0 Å². The second-order valence-electron chi connectivity index (χ2n) is 8.99. The van der Waals surface area contributed by atoms with Crippen LogP contribution in [0.15, 0.2) is 24.3 Å². The Balaban J connectivity index is 1.30. The summed E-state index contributed by atoms with van der Waals surface area (Å²) in [4.78, 5) is 15.4. The fraction of sp³-hybridized carbons (Fsp3) is 0.667. The number of anilines is 2. The number of nitrogens with zero attached hydrogens (tertiary/aromatic N) is 1. The molecule has 4 aliphatic carbocycles. The molecule has 1 aromatic carbocycles. The second kappa shape index (κ2) is 6.13. The second-order valence-corrected chi connectivity index (χ2v) is 9.79. The Morgan fingerprint density at radius 2 is 1.73 bits per heavy atom. The van der Waals surface area contributed by atoms with Gasteiger partial charge in [-0.05, 0) is 74.6 Å². The third kappa shape index (κ3) is 2.91. The molecule has 1 aliphatic heterocycles. The average molecular weight is 375 g/mol. The van der Waals surface area contributed by atoms with E-state index in [0.29, 0.717) is 11.8 Å². The lowest BCUT2D eigenvalue weighted by atomic mass is 9.49. The smallest absolute Gasteiger partial charge is 0.230 e. The first-order chi connectivity index (χ1) is 12.5. The predicted molar refractivity (Wildman–Crippen MR) is 104 cm³/mol. The molecule has 5 heteroatoms. The number of morpholine rings is 1. The van der Waals surface area contributed by atoms with Crippen molar-refractivity contribution < 1.29 is 9.53 Å². The summed E-state index contributed by atoms with van der Waals surface area (Å²) in [6, 6.07) is 8.26. The standard InChI is InChI=1S/C21H27ClN2O2/c22-21-12-15-9-16(13-21)11-20(10-15,14-21)19(25)23-17-1-3-18(4-2-17)24-5-7-26-8-6-24/h1-4,15-16H,5-14H2,(H,23,25)/t15-,16+,20?,21?. The Morgan fingerprint density at radius 1 is 1.08 bits per heavy atom. The number of hydrogen-bond acceptors (Lipinski definition) is 3. The topological polar surface area (TPSA) is 41.6 Å². The number of amides is 1. The Labute approximate surface area is 160 Å². The van der Waals surface area contributed by atoms with Crippen LogP contribution in [0.2, 0.25) is 0 Å². The van der Waals surface area contributed by atoms with Gasteiger partial charge in [0, 0.05) is 29.3 Å². The summed E-state index contributed by atoms with van der Waals surface area (Å²) in [5, 5.41) is 3.21. The minimum Gasteiger partial charge on any atom is -0.378 e. The van der Waals surface area contributed by atoms with Crippen LogP contribution in [0.1, 0.15) is 38.5 Å². The van der Waals surface area contributed by atoms with Crippen molar-refractivity contribution in [2.45, 2.75) is 43.4 Å². The molecule has 4 bridgehead atoms. The number of hydrogen-bond donors (Lipinski definition) is 1. The first-order valence-corrected chi connectivity index (χ1v) is 10.3. The molecule has 0 spiro atoms. The highest BCUT2D eigenvalue weighted by Gasteiger charge is 2.60. The summed E-state index contributed by atoms with van der Waals surface area (Å²) in [6.45, 7) is 3.41. The number of benzene rings is 1. The Bertz CT molecular complexity index is 684. The van der Waals surface area contributed by atoms with Crippen LogP contribution < -0.4 is 10.2 Å². The summed E-state index contributed by atoms with van der Waals surface area (Å²) < 4.78 is 5.41. The molecule has 1 saturated heterocycles. The minimum atomic E-state index is -0.241. The molecule has 6 rings (SSSR count). The molecule has 0 radical (unpaired) electrons. The van der Waals surface area contributed by atoms with Crippen molar-refractivity contribution in [3.05, 3.63) is 24.3 Å². The fourth-order valence-electron chi connectivity index (χ4n) is 6.26. The SMILES string of the molecule is O=C(Nc1ccc(N2CCOCC2)cc1)C12C[C@@H]3C[C@@H](CC(Cl)(C3)C1)C2. The molecule has 5 fully saturated rings. The third-order valence-electron chi connectivity index (χ3n) is 6.97. The average Bonchev–Trinajstić information content (AvgIpc) is 2.61. The zero-order chi connectivity index (χ0) is 17.8. The van der Waals surface area contributed by atoms with Crippen molar-refractivity contribution in [3.63, 3.8) is 0 Å². The Kier molecular flexibility index (Phi) is 3.98. The fourth-order valence-corrected chi connectivity index (χ4v) is 6.95. The number of carbonyl (C=O) groups is 1. The van der Waals surface area contributed by atoms with Gasteiger partial charge in [0.05, 0.1) is 18.6 Å². The van der Waals surface area contributed by atoms with E-state index in [-0.39, 0.29) is 16.2 Å². The van der Waals surface area contributed by atoms with E-state index in [2.05, 4.69) is 22.3 Å². The van der Waals surface area contributed by atoms with Gasteiger partial charge in [-0.2, -0.15) is 0 Å². The maximum absolute atomic E-state index is 13.2. The Hall–Kier alpha value is -1.26. The molecule has 1 heterocycles. The van der Waals surface area contributed by atoms with Crippen molar-refractivity contribution in [2.75, 3.05) is 36.5 Å². The van der Waals surface area contributed by atoms with Gasteiger partial charge in [0.1, 0.15) is 0 Å². The number of ether oxygens (including phenoxy) is 1. The maximum Gasteiger partial charge on any atom is 0.230 e. The molecule has 140 valence electrons. The lowest BCUT2D eigenvalue weighted by molar-refractivity contribution is -0.138. The van der Waals surface area contributed by atoms with E-state index in [1.807, 2.05) is 12.1 Å². The van der Waals surface area contributed by atoms with Gasteiger partial charge < -0.3 is 15.0 Å². The molecular weight excluding hydrogens is 348 g/mol. The molecular formula is C21H27ClN2O2. The lowest BCUT2D eigenvalue weighted by Crippen LogP contribution is -2.57. The minimum absolute atomic E-state index is 0.123. The van der Waals surface area contributed by atoms with Gasteiger partial charge >= 0.3 is 0 Å². The summed E-state index contributed by atoms with van der Waals surface area (Å²) in [5.41, 5.74) is 1.85. The Morgan fingerprint density at radius 3 is 2.35 bits per heavy atom. The molecule has 4 atom stereocenters. The van der Waals surface area contributed by atoms with E-state index in [9.17, 15) is 4.79 Å². The number of nitrogens with one attached hydrogen (secondary N) is 1. The van der Waals surface area contributed by atoms with Crippen molar-refractivity contribution in [3.8, 4) is 0 Å². The van der Waals surface area contributed by atoms with E-state index >= 15 is 0 Å². The van der Waals surface area contributed by atoms with Gasteiger partial charge in [0.25, 0.3) is 0 Å². The normalized spacial score (nSPS) is 38.4. The van der Waals surface area contributed by atoms with Crippen LogP contribution in [0.5, 0.6) is 0 Å². The quantitative estimate of drug-likeness (QED) is 0.812. The first kappa shape index (κ1) is 16.9. The summed E-state index contributed by atoms with van der Waals surface area (Å²) in [5.74, 6) is 1.47. The molecule has 4 nitrogen and oxygen atoms in total. The van der Waals surface area contributed by atoms with Crippen LogP contribution in [0.25, 0.3) is 0 Å². The summed E-state index contributed by atoms with van der Waals surface area (Å²) in [7, 11) is 0. The van der Waals surface area contributed by atoms with E-state index in [1.54, 1.807) is 0 Å². The number of rotatable bonds is 3. The zero-order valence-electron chi connectivity index (χ0n) is 15.2. The number of halogens is 1. The highest BCUT2D eigenvalue weighted by Crippen LogP contribution is 2.64. The van der Waals surface area contributed by atoms with Crippen LogP contribution in [-0.2, 0) is 9.53 Å². The lowest BCUT2D eigenvalue weighted by Gasteiger charge is -2.59. The maximum atomic E-state index is 13.2.